The average Bonchev–Trinajstić information content (AvgIpc) is 1.64. The van der Waals surface area contributed by atoms with Crippen LogP contribution < -0.4 is 0 Å². The smallest absolute Gasteiger partial charge is 0.164 e. The number of hydrogen-bond donors (Lipinski definition) is 0. The molecule has 0 bridgehead atoms. The molecule has 0 fully saturated rings. The number of allylic oxidation sites excluding steroid dienone is 4. The van der Waals surface area contributed by atoms with Crippen molar-refractivity contribution in [2.75, 3.05) is 0 Å². The Morgan fingerprint density at radius 3 is 1.52 bits per heavy atom. The summed E-state index contributed by atoms with van der Waals surface area (Å²) in [7, 11) is 0. The van der Waals surface area contributed by atoms with Crippen molar-refractivity contribution in [1.82, 2.24) is 24.5 Å². The van der Waals surface area contributed by atoms with Crippen molar-refractivity contribution in [3.63, 3.8) is 0 Å². The first-order valence-corrected chi connectivity index (χ1v) is 31.0. The van der Waals surface area contributed by atoms with E-state index >= 15 is 0 Å². The summed E-state index contributed by atoms with van der Waals surface area (Å²) >= 11 is 0. The van der Waals surface area contributed by atoms with E-state index < -0.39 is 0 Å². The van der Waals surface area contributed by atoms with Crippen LogP contribution in [-0.4, -0.2) is 24.5 Å². The van der Waals surface area contributed by atoms with Gasteiger partial charge in [0.2, 0.25) is 0 Å². The van der Waals surface area contributed by atoms with Crippen LogP contribution in [0.25, 0.3) is 156 Å². The molecule has 0 radical (unpaired) electrons. The van der Waals surface area contributed by atoms with Crippen molar-refractivity contribution in [1.29, 1.82) is 0 Å². The minimum Gasteiger partial charge on any atom is -0.292 e. The Hall–Kier alpha value is -11.7. The first-order chi connectivity index (χ1) is 44.5. The van der Waals surface area contributed by atoms with Gasteiger partial charge in [-0.1, -0.05) is 298 Å². The quantitative estimate of drug-likeness (QED) is 0.129. The second-order valence-electron chi connectivity index (χ2n) is 23.7. The van der Waals surface area contributed by atoms with E-state index in [0.29, 0.717) is 17.5 Å². The number of nitrogens with zero attached hydrogens (tertiary/aromatic N) is 5. The molecule has 422 valence electrons. The zero-order valence-corrected chi connectivity index (χ0v) is 49.4. The average molecular weight is 1150 g/mol. The van der Waals surface area contributed by atoms with Gasteiger partial charge >= 0.3 is 0 Å². The van der Waals surface area contributed by atoms with E-state index in [1.54, 1.807) is 0 Å². The van der Waals surface area contributed by atoms with Gasteiger partial charge in [0.1, 0.15) is 5.82 Å². The minimum atomic E-state index is 0.137. The van der Waals surface area contributed by atoms with Crippen LogP contribution in [0, 0.1) is 5.92 Å². The second kappa shape index (κ2) is 21.9. The van der Waals surface area contributed by atoms with Crippen LogP contribution in [0.4, 0.5) is 0 Å². The largest absolute Gasteiger partial charge is 0.292 e. The molecule has 2 aliphatic rings. The molecular weight excluding hydrogens is 1090 g/mol. The van der Waals surface area contributed by atoms with Crippen LogP contribution in [0.15, 0.2) is 315 Å². The molecule has 0 saturated carbocycles. The highest BCUT2D eigenvalue weighted by Crippen LogP contribution is 2.56. The maximum atomic E-state index is 5.18. The summed E-state index contributed by atoms with van der Waals surface area (Å²) < 4.78 is 2.27. The number of rotatable bonds is 11. The van der Waals surface area contributed by atoms with E-state index in [4.69, 9.17) is 19.9 Å². The number of fused-ring (bicyclic) bond motifs is 5. The van der Waals surface area contributed by atoms with Gasteiger partial charge in [-0.2, -0.15) is 0 Å². The molecule has 13 aromatic carbocycles. The third-order valence-electron chi connectivity index (χ3n) is 18.4. The predicted octanol–water partition coefficient (Wildman–Crippen LogP) is 21.9. The molecule has 17 rings (SSSR count). The molecular formula is C85H57N5. The van der Waals surface area contributed by atoms with Crippen LogP contribution in [0.2, 0.25) is 0 Å². The molecule has 2 aliphatic carbocycles. The maximum absolute atomic E-state index is 5.18. The van der Waals surface area contributed by atoms with Gasteiger partial charge in [0.05, 0.1) is 11.0 Å². The first-order valence-electron chi connectivity index (χ1n) is 31.0. The Balaban J connectivity index is 0.690. The molecule has 2 aromatic heterocycles. The van der Waals surface area contributed by atoms with E-state index in [1.165, 1.54) is 77.5 Å². The molecule has 0 aliphatic heterocycles. The van der Waals surface area contributed by atoms with Gasteiger partial charge in [-0.05, 0) is 135 Å². The number of aromatic nitrogens is 5. The zero-order valence-electron chi connectivity index (χ0n) is 49.4. The lowest BCUT2D eigenvalue weighted by molar-refractivity contribution is 0.639. The fourth-order valence-corrected chi connectivity index (χ4v) is 13.9. The van der Waals surface area contributed by atoms with Crippen molar-refractivity contribution in [3.8, 4) is 118 Å². The maximum Gasteiger partial charge on any atom is 0.164 e. The van der Waals surface area contributed by atoms with Gasteiger partial charge in [0.25, 0.3) is 0 Å². The highest BCUT2D eigenvalue weighted by Gasteiger charge is 2.32. The number of para-hydroxylation sites is 3. The van der Waals surface area contributed by atoms with Crippen molar-refractivity contribution in [3.05, 3.63) is 327 Å². The van der Waals surface area contributed by atoms with E-state index in [1.807, 2.05) is 6.07 Å². The van der Waals surface area contributed by atoms with Crippen molar-refractivity contribution in [2.24, 2.45) is 5.92 Å². The fourth-order valence-electron chi connectivity index (χ4n) is 13.9. The molecule has 0 N–H and O–H groups in total. The van der Waals surface area contributed by atoms with Crippen LogP contribution in [0.1, 0.15) is 24.0 Å². The second-order valence-corrected chi connectivity index (χ2v) is 23.7. The third kappa shape index (κ3) is 9.17. The first kappa shape index (κ1) is 52.7. The minimum absolute atomic E-state index is 0.137. The number of imidazole rings is 1. The summed E-state index contributed by atoms with van der Waals surface area (Å²) in [6, 6.07) is 107. The standard InChI is InChI=1S/C85H57N5/c1-54-31-32-66(59-35-33-57(34-36-59)58-39-45-64(46-40-58)83-87-82(63-43-37-56(38-44-63)55-17-5-2-6-18-55)88-84(89-83)73-27-15-22-60-21-11-12-25-68(60)73)53-76(54)72-51-50-70(61-19-7-3-8-20-61)80-75-52-49-69(71-26-16-28-74(79(71)75)81(72)80)62-41-47-65(48-42-62)85-86-77-29-13-14-30-78(77)90(85)67-23-9-4-10-24-67/h2-54,76H,1H3. The molecule has 0 amide bonds. The van der Waals surface area contributed by atoms with Gasteiger partial charge in [-0.15, -0.1) is 0 Å². The van der Waals surface area contributed by atoms with Crippen LogP contribution in [0.3, 0.4) is 0 Å². The molecule has 0 spiro atoms. The van der Waals surface area contributed by atoms with Gasteiger partial charge in [0.15, 0.2) is 17.5 Å². The molecule has 15 aromatic rings. The zero-order chi connectivity index (χ0) is 59.7. The van der Waals surface area contributed by atoms with Crippen molar-refractivity contribution in [2.45, 2.75) is 12.8 Å². The molecule has 5 heteroatoms. The third-order valence-corrected chi connectivity index (χ3v) is 18.4. The van der Waals surface area contributed by atoms with Crippen LogP contribution in [-0.2, 0) is 0 Å². The monoisotopic (exact) mass is 1150 g/mol. The molecule has 0 saturated heterocycles. The Kier molecular flexibility index (Phi) is 12.8. The summed E-state index contributed by atoms with van der Waals surface area (Å²) in [5.74, 6) is 3.24. The molecule has 2 atom stereocenters. The summed E-state index contributed by atoms with van der Waals surface area (Å²) in [6.45, 7) is 2.36. The lowest BCUT2D eigenvalue weighted by atomic mass is 9.76. The van der Waals surface area contributed by atoms with Gasteiger partial charge in [-0.25, -0.2) is 19.9 Å². The van der Waals surface area contributed by atoms with Gasteiger partial charge in [0, 0.05) is 33.9 Å². The topological polar surface area (TPSA) is 56.5 Å². The number of benzene rings is 13. The van der Waals surface area contributed by atoms with Gasteiger partial charge in [-0.3, -0.25) is 4.57 Å². The molecule has 2 heterocycles. The summed E-state index contributed by atoms with van der Waals surface area (Å²) in [5, 5.41) is 4.80. The molecule has 2 unspecified atom stereocenters. The Morgan fingerprint density at radius 2 is 0.811 bits per heavy atom. The normalized spacial score (nSPS) is 14.1. The van der Waals surface area contributed by atoms with Gasteiger partial charge < -0.3 is 0 Å². The molecule has 90 heavy (non-hydrogen) atoms. The SMILES string of the molecule is CC1C=CC(c2ccc(-c3ccc(-c4nc(-c5ccc(-c6ccccc6)cc5)nc(-c5cccc6ccccc56)n4)cc3)cc2)=CC1c1ccc(-c2ccccc2)c2c1-c1cccc3c(-c4ccc(-c5nc6ccccc6n5-c5ccccc5)cc4)ccc-2c13. The predicted molar refractivity (Wildman–Crippen MR) is 373 cm³/mol. The van der Waals surface area contributed by atoms with Crippen molar-refractivity contribution >= 4 is 38.2 Å². The van der Waals surface area contributed by atoms with E-state index in [9.17, 15) is 0 Å². The summed E-state index contributed by atoms with van der Waals surface area (Å²) in [6.07, 6.45) is 7.24. The molecule has 5 nitrogen and oxygen atoms in total. The Morgan fingerprint density at radius 1 is 0.322 bits per heavy atom. The van der Waals surface area contributed by atoms with E-state index in [0.717, 1.165) is 72.3 Å². The number of hydrogen-bond acceptors (Lipinski definition) is 4. The van der Waals surface area contributed by atoms with E-state index in [-0.39, 0.29) is 11.8 Å². The van der Waals surface area contributed by atoms with Crippen LogP contribution >= 0.6 is 0 Å². The lowest BCUT2D eigenvalue weighted by Gasteiger charge is -2.27. The summed E-state index contributed by atoms with van der Waals surface area (Å²) in [4.78, 5) is 20.6. The Bertz CT molecular complexity index is 5310. The lowest BCUT2D eigenvalue weighted by Crippen LogP contribution is -2.11. The highest BCUT2D eigenvalue weighted by molar-refractivity contribution is 6.21. The fraction of sp³-hybridized carbons (Fsp3) is 0.0353. The van der Waals surface area contributed by atoms with Crippen molar-refractivity contribution < 1.29 is 0 Å². The Labute approximate surface area is 523 Å². The summed E-state index contributed by atoms with van der Waals surface area (Å²) in [5.41, 5.74) is 25.5. The van der Waals surface area contributed by atoms with E-state index in [2.05, 4.69) is 321 Å². The van der Waals surface area contributed by atoms with Crippen LogP contribution in [0.5, 0.6) is 0 Å². The highest BCUT2D eigenvalue weighted by atomic mass is 15.1.